The van der Waals surface area contributed by atoms with Crippen molar-refractivity contribution in [3.8, 4) is 11.3 Å². The molecule has 8 nitrogen and oxygen atoms in total. The average Bonchev–Trinajstić information content (AvgIpc) is 3.27. The molecule has 0 unspecified atom stereocenters. The molecule has 0 radical (unpaired) electrons. The number of carbonyl (C=O) groups excluding carboxylic acids is 2. The lowest BCUT2D eigenvalue weighted by Crippen LogP contribution is -2.54. The van der Waals surface area contributed by atoms with E-state index in [0.29, 0.717) is 38.1 Å². The van der Waals surface area contributed by atoms with Crippen molar-refractivity contribution in [2.24, 2.45) is 5.41 Å². The first-order chi connectivity index (χ1) is 15.4. The van der Waals surface area contributed by atoms with Crippen LogP contribution in [0.4, 0.5) is 0 Å². The molecule has 2 amide bonds. The van der Waals surface area contributed by atoms with Gasteiger partial charge in [0.15, 0.2) is 0 Å². The predicted molar refractivity (Wildman–Crippen MR) is 119 cm³/mol. The summed E-state index contributed by atoms with van der Waals surface area (Å²) in [7, 11) is 3.48. The van der Waals surface area contributed by atoms with Crippen LogP contribution in [0.2, 0.25) is 0 Å². The summed E-state index contributed by atoms with van der Waals surface area (Å²) >= 11 is 0. The number of amides is 2. The van der Waals surface area contributed by atoms with E-state index in [1.807, 2.05) is 43.3 Å². The Morgan fingerprint density at radius 1 is 1.16 bits per heavy atom. The van der Waals surface area contributed by atoms with Gasteiger partial charge in [0.25, 0.3) is 5.91 Å². The molecule has 4 rings (SSSR count). The highest BCUT2D eigenvalue weighted by Crippen LogP contribution is 2.36. The van der Waals surface area contributed by atoms with Crippen molar-refractivity contribution < 1.29 is 14.1 Å². The molecule has 32 heavy (non-hydrogen) atoms. The molecular formula is C24H27N5O3. The number of aryl methyl sites for hydroxylation is 1. The van der Waals surface area contributed by atoms with E-state index in [4.69, 9.17) is 4.52 Å². The molecular weight excluding hydrogens is 406 g/mol. The van der Waals surface area contributed by atoms with Gasteiger partial charge >= 0.3 is 0 Å². The molecule has 0 spiro atoms. The summed E-state index contributed by atoms with van der Waals surface area (Å²) in [6.07, 6.45) is 4.81. The molecule has 3 aromatic rings. The van der Waals surface area contributed by atoms with Crippen LogP contribution in [0.15, 0.2) is 53.3 Å². The highest BCUT2D eigenvalue weighted by molar-refractivity contribution is 5.93. The number of aromatic nitrogens is 3. The molecule has 1 aliphatic rings. The van der Waals surface area contributed by atoms with E-state index in [1.165, 1.54) is 6.20 Å². The summed E-state index contributed by atoms with van der Waals surface area (Å²) in [5, 5.41) is 4.20. The van der Waals surface area contributed by atoms with E-state index in [1.54, 1.807) is 30.1 Å². The van der Waals surface area contributed by atoms with Gasteiger partial charge in [0.1, 0.15) is 17.1 Å². The van der Waals surface area contributed by atoms with Crippen LogP contribution in [0.1, 0.15) is 34.8 Å². The fourth-order valence-corrected chi connectivity index (χ4v) is 4.31. The number of piperidine rings is 1. The SMILES string of the molecule is Cc1cnc(C(=O)N2CCC[C@@](Cc3cc(-c4ccccc4)no3)(C(=O)N(C)C)C2)cn1. The van der Waals surface area contributed by atoms with Gasteiger partial charge in [0.05, 0.1) is 17.3 Å². The predicted octanol–water partition coefficient (Wildman–Crippen LogP) is 2.99. The van der Waals surface area contributed by atoms with Crippen molar-refractivity contribution in [2.45, 2.75) is 26.2 Å². The van der Waals surface area contributed by atoms with Crippen LogP contribution in [-0.4, -0.2) is 63.9 Å². The maximum Gasteiger partial charge on any atom is 0.274 e. The highest BCUT2D eigenvalue weighted by Gasteiger charge is 2.45. The molecule has 1 fully saturated rings. The lowest BCUT2D eigenvalue weighted by molar-refractivity contribution is -0.142. The summed E-state index contributed by atoms with van der Waals surface area (Å²) in [5.74, 6) is 0.391. The Labute approximate surface area is 187 Å². The molecule has 0 saturated carbocycles. The molecule has 8 heteroatoms. The first-order valence-electron chi connectivity index (χ1n) is 10.7. The minimum atomic E-state index is -0.789. The van der Waals surface area contributed by atoms with Crippen LogP contribution in [0, 0.1) is 12.3 Å². The maximum atomic E-state index is 13.3. The van der Waals surface area contributed by atoms with Gasteiger partial charge in [-0.1, -0.05) is 35.5 Å². The Hall–Kier alpha value is -3.55. The first kappa shape index (κ1) is 21.7. The fourth-order valence-electron chi connectivity index (χ4n) is 4.31. The minimum absolute atomic E-state index is 0.0253. The Morgan fingerprint density at radius 3 is 2.62 bits per heavy atom. The van der Waals surface area contributed by atoms with Gasteiger partial charge in [-0.05, 0) is 19.8 Å². The standard InChI is InChI=1S/C24H27N5O3/c1-17-14-26-21(15-25-17)22(30)29-11-7-10-24(16-29,23(31)28(2)3)13-19-12-20(27-32-19)18-8-5-4-6-9-18/h4-6,8-9,12,14-15H,7,10-11,13,16H2,1-3H3/t24-/m0/s1. The van der Waals surface area contributed by atoms with Crippen LogP contribution >= 0.6 is 0 Å². The minimum Gasteiger partial charge on any atom is -0.361 e. The average molecular weight is 434 g/mol. The monoisotopic (exact) mass is 433 g/mol. The van der Waals surface area contributed by atoms with Crippen molar-refractivity contribution in [1.29, 1.82) is 0 Å². The zero-order valence-electron chi connectivity index (χ0n) is 18.6. The van der Waals surface area contributed by atoms with E-state index in [-0.39, 0.29) is 17.5 Å². The van der Waals surface area contributed by atoms with Crippen molar-refractivity contribution in [1.82, 2.24) is 24.9 Å². The topological polar surface area (TPSA) is 92.4 Å². The smallest absolute Gasteiger partial charge is 0.274 e. The molecule has 1 atom stereocenters. The Morgan fingerprint density at radius 2 is 1.94 bits per heavy atom. The van der Waals surface area contributed by atoms with Gasteiger partial charge in [0, 0.05) is 51.4 Å². The molecule has 0 aliphatic carbocycles. The molecule has 2 aromatic heterocycles. The zero-order chi connectivity index (χ0) is 22.7. The van der Waals surface area contributed by atoms with Crippen molar-refractivity contribution in [3.63, 3.8) is 0 Å². The van der Waals surface area contributed by atoms with Crippen LogP contribution < -0.4 is 0 Å². The van der Waals surface area contributed by atoms with Crippen LogP contribution in [0.5, 0.6) is 0 Å². The second kappa shape index (κ2) is 8.90. The molecule has 166 valence electrons. The molecule has 1 saturated heterocycles. The van der Waals surface area contributed by atoms with Crippen LogP contribution in [-0.2, 0) is 11.2 Å². The Bertz CT molecular complexity index is 1090. The van der Waals surface area contributed by atoms with Gasteiger partial charge < -0.3 is 14.3 Å². The summed E-state index contributed by atoms with van der Waals surface area (Å²) in [6, 6.07) is 11.6. The summed E-state index contributed by atoms with van der Waals surface area (Å²) in [5.41, 5.74) is 1.93. The highest BCUT2D eigenvalue weighted by atomic mass is 16.5. The number of hydrogen-bond donors (Lipinski definition) is 0. The maximum absolute atomic E-state index is 13.3. The lowest BCUT2D eigenvalue weighted by Gasteiger charge is -2.42. The number of carbonyl (C=O) groups is 2. The third-order valence-corrected chi connectivity index (χ3v) is 5.87. The largest absolute Gasteiger partial charge is 0.361 e. The quantitative estimate of drug-likeness (QED) is 0.614. The summed E-state index contributed by atoms with van der Waals surface area (Å²) < 4.78 is 5.62. The molecule has 1 aliphatic heterocycles. The van der Waals surface area contributed by atoms with Crippen molar-refractivity contribution in [3.05, 3.63) is 65.9 Å². The van der Waals surface area contributed by atoms with Gasteiger partial charge in [-0.3, -0.25) is 14.6 Å². The zero-order valence-corrected chi connectivity index (χ0v) is 18.6. The lowest BCUT2D eigenvalue weighted by atomic mass is 9.75. The molecule has 3 heterocycles. The normalized spacial score (nSPS) is 18.4. The summed E-state index contributed by atoms with van der Waals surface area (Å²) in [4.78, 5) is 38.2. The third kappa shape index (κ3) is 4.39. The summed E-state index contributed by atoms with van der Waals surface area (Å²) in [6.45, 7) is 2.69. The second-order valence-corrected chi connectivity index (χ2v) is 8.57. The molecule has 1 aromatic carbocycles. The number of likely N-dealkylation sites (tertiary alicyclic amines) is 1. The van der Waals surface area contributed by atoms with E-state index in [0.717, 1.165) is 17.0 Å². The van der Waals surface area contributed by atoms with Gasteiger partial charge in [-0.2, -0.15) is 0 Å². The van der Waals surface area contributed by atoms with Crippen molar-refractivity contribution in [2.75, 3.05) is 27.2 Å². The van der Waals surface area contributed by atoms with E-state index in [9.17, 15) is 9.59 Å². The second-order valence-electron chi connectivity index (χ2n) is 8.57. The Kier molecular flexibility index (Phi) is 6.03. The van der Waals surface area contributed by atoms with Gasteiger partial charge in [-0.15, -0.1) is 0 Å². The van der Waals surface area contributed by atoms with E-state index in [2.05, 4.69) is 15.1 Å². The first-order valence-corrected chi connectivity index (χ1v) is 10.7. The van der Waals surface area contributed by atoms with E-state index < -0.39 is 5.41 Å². The number of benzene rings is 1. The number of rotatable bonds is 5. The van der Waals surface area contributed by atoms with Gasteiger partial charge in [0.2, 0.25) is 5.91 Å². The third-order valence-electron chi connectivity index (χ3n) is 5.87. The molecule has 0 N–H and O–H groups in total. The Balaban J connectivity index is 1.60. The van der Waals surface area contributed by atoms with Crippen LogP contribution in [0.3, 0.4) is 0 Å². The van der Waals surface area contributed by atoms with Crippen LogP contribution in [0.25, 0.3) is 11.3 Å². The van der Waals surface area contributed by atoms with Crippen molar-refractivity contribution >= 4 is 11.8 Å². The number of nitrogens with zero attached hydrogens (tertiary/aromatic N) is 5. The number of hydrogen-bond acceptors (Lipinski definition) is 6. The van der Waals surface area contributed by atoms with E-state index >= 15 is 0 Å². The fraction of sp³-hybridized carbons (Fsp3) is 0.375. The van der Waals surface area contributed by atoms with Gasteiger partial charge in [-0.25, -0.2) is 4.98 Å². The molecule has 0 bridgehead atoms.